The summed E-state index contributed by atoms with van der Waals surface area (Å²) in [5.41, 5.74) is 7.88. The van der Waals surface area contributed by atoms with Crippen molar-refractivity contribution in [1.29, 1.82) is 0 Å². The van der Waals surface area contributed by atoms with Crippen LogP contribution in [0.15, 0.2) is 28.7 Å². The molecule has 1 aliphatic carbocycles. The van der Waals surface area contributed by atoms with E-state index in [4.69, 9.17) is 5.73 Å². The van der Waals surface area contributed by atoms with Crippen LogP contribution in [-0.2, 0) is 5.41 Å². The third kappa shape index (κ3) is 1.61. The number of halogens is 1. The van der Waals surface area contributed by atoms with Gasteiger partial charge in [-0.25, -0.2) is 0 Å². The van der Waals surface area contributed by atoms with E-state index in [-0.39, 0.29) is 0 Å². The first-order valence-corrected chi connectivity index (χ1v) is 6.00. The molecular weight excluding hydrogens is 238 g/mol. The zero-order valence-electron chi connectivity index (χ0n) is 8.46. The minimum Gasteiger partial charge on any atom is -0.327 e. The van der Waals surface area contributed by atoms with E-state index < -0.39 is 0 Å². The van der Waals surface area contributed by atoms with E-state index in [0.717, 1.165) is 10.9 Å². The van der Waals surface area contributed by atoms with Crippen molar-refractivity contribution in [3.63, 3.8) is 0 Å². The standard InChI is InChI=1S/C12H16BrN/c1-2-11(14)12(7-8-12)9-3-5-10(13)6-4-9/h3-6,11H,2,7-8,14H2,1H3. The van der Waals surface area contributed by atoms with Gasteiger partial charge in [-0.2, -0.15) is 0 Å². The Hall–Kier alpha value is -0.340. The van der Waals surface area contributed by atoms with Crippen molar-refractivity contribution in [2.75, 3.05) is 0 Å². The third-order valence-corrected chi connectivity index (χ3v) is 3.89. The predicted molar refractivity (Wildman–Crippen MR) is 63.3 cm³/mol. The summed E-state index contributed by atoms with van der Waals surface area (Å²) in [6, 6.07) is 8.94. The van der Waals surface area contributed by atoms with Crippen molar-refractivity contribution < 1.29 is 0 Å². The lowest BCUT2D eigenvalue weighted by atomic mass is 9.87. The van der Waals surface area contributed by atoms with Gasteiger partial charge in [-0.15, -0.1) is 0 Å². The molecule has 1 saturated carbocycles. The largest absolute Gasteiger partial charge is 0.327 e. The van der Waals surface area contributed by atoms with Gasteiger partial charge in [0.1, 0.15) is 0 Å². The lowest BCUT2D eigenvalue weighted by Gasteiger charge is -2.22. The minimum absolute atomic E-state index is 0.301. The number of benzene rings is 1. The normalized spacial score (nSPS) is 20.5. The Morgan fingerprint density at radius 2 is 1.93 bits per heavy atom. The topological polar surface area (TPSA) is 26.0 Å². The summed E-state index contributed by atoms with van der Waals surface area (Å²) in [5.74, 6) is 0. The highest BCUT2D eigenvalue weighted by molar-refractivity contribution is 9.10. The fourth-order valence-electron chi connectivity index (χ4n) is 2.18. The van der Waals surface area contributed by atoms with Gasteiger partial charge in [0.05, 0.1) is 0 Å². The maximum atomic E-state index is 6.17. The van der Waals surface area contributed by atoms with Crippen LogP contribution < -0.4 is 5.73 Å². The maximum absolute atomic E-state index is 6.17. The molecule has 1 atom stereocenters. The van der Waals surface area contributed by atoms with Crippen molar-refractivity contribution in [2.45, 2.75) is 37.6 Å². The Labute approximate surface area is 93.8 Å². The van der Waals surface area contributed by atoms with Gasteiger partial charge in [-0.3, -0.25) is 0 Å². The van der Waals surface area contributed by atoms with E-state index >= 15 is 0 Å². The second-order valence-electron chi connectivity index (χ2n) is 4.18. The molecule has 2 N–H and O–H groups in total. The molecule has 1 fully saturated rings. The molecule has 0 aliphatic heterocycles. The molecule has 14 heavy (non-hydrogen) atoms. The molecule has 1 nitrogen and oxygen atoms in total. The molecule has 1 unspecified atom stereocenters. The first kappa shape index (κ1) is 10.2. The van der Waals surface area contributed by atoms with Crippen molar-refractivity contribution >= 4 is 15.9 Å². The summed E-state index contributed by atoms with van der Waals surface area (Å²) < 4.78 is 1.14. The van der Waals surface area contributed by atoms with Crippen LogP contribution in [0.5, 0.6) is 0 Å². The first-order chi connectivity index (χ1) is 6.69. The zero-order chi connectivity index (χ0) is 10.2. The third-order valence-electron chi connectivity index (χ3n) is 3.36. The van der Waals surface area contributed by atoms with Gasteiger partial charge in [0.25, 0.3) is 0 Å². The van der Waals surface area contributed by atoms with Gasteiger partial charge < -0.3 is 5.73 Å². The Balaban J connectivity index is 2.26. The van der Waals surface area contributed by atoms with Crippen molar-refractivity contribution in [2.24, 2.45) is 5.73 Å². The molecule has 76 valence electrons. The maximum Gasteiger partial charge on any atom is 0.0175 e. The van der Waals surface area contributed by atoms with Crippen molar-refractivity contribution in [3.8, 4) is 0 Å². The second kappa shape index (κ2) is 3.67. The fourth-order valence-corrected chi connectivity index (χ4v) is 2.45. The molecule has 0 saturated heterocycles. The summed E-state index contributed by atoms with van der Waals surface area (Å²) in [7, 11) is 0. The molecule has 0 amide bonds. The monoisotopic (exact) mass is 253 g/mol. The van der Waals surface area contributed by atoms with Crippen LogP contribution in [0.4, 0.5) is 0 Å². The van der Waals surface area contributed by atoms with Gasteiger partial charge in [0.15, 0.2) is 0 Å². The van der Waals surface area contributed by atoms with Crippen molar-refractivity contribution in [3.05, 3.63) is 34.3 Å². The molecule has 0 heterocycles. The summed E-state index contributed by atoms with van der Waals surface area (Å²) in [6.07, 6.45) is 3.57. The molecule has 1 aliphatic rings. The van der Waals surface area contributed by atoms with Gasteiger partial charge in [0, 0.05) is 15.9 Å². The highest BCUT2D eigenvalue weighted by Crippen LogP contribution is 2.51. The lowest BCUT2D eigenvalue weighted by molar-refractivity contribution is 0.503. The van der Waals surface area contributed by atoms with E-state index in [9.17, 15) is 0 Å². The SMILES string of the molecule is CCC(N)C1(c2ccc(Br)cc2)CC1. The molecule has 1 aromatic rings. The fraction of sp³-hybridized carbons (Fsp3) is 0.500. The second-order valence-corrected chi connectivity index (χ2v) is 5.09. The molecule has 2 heteroatoms. The van der Waals surface area contributed by atoms with E-state index in [1.807, 2.05) is 0 Å². The Morgan fingerprint density at radius 3 is 2.36 bits per heavy atom. The Bertz CT molecular complexity index is 314. The smallest absolute Gasteiger partial charge is 0.0175 e. The molecule has 0 bridgehead atoms. The van der Waals surface area contributed by atoms with Crippen LogP contribution in [-0.4, -0.2) is 6.04 Å². The van der Waals surface area contributed by atoms with Gasteiger partial charge in [-0.05, 0) is 37.0 Å². The summed E-state index contributed by atoms with van der Waals surface area (Å²) in [4.78, 5) is 0. The number of hydrogen-bond donors (Lipinski definition) is 1. The highest BCUT2D eigenvalue weighted by atomic mass is 79.9. The first-order valence-electron chi connectivity index (χ1n) is 5.20. The average molecular weight is 254 g/mol. The van der Waals surface area contributed by atoms with Gasteiger partial charge in [0.2, 0.25) is 0 Å². The summed E-state index contributed by atoms with van der Waals surface area (Å²) in [6.45, 7) is 2.17. The van der Waals surface area contributed by atoms with Crippen LogP contribution in [0.1, 0.15) is 31.7 Å². The van der Waals surface area contributed by atoms with E-state index in [1.54, 1.807) is 0 Å². The number of hydrogen-bond acceptors (Lipinski definition) is 1. The minimum atomic E-state index is 0.301. The van der Waals surface area contributed by atoms with Crippen LogP contribution in [0, 0.1) is 0 Å². The molecule has 0 radical (unpaired) electrons. The number of nitrogens with two attached hydrogens (primary N) is 1. The van der Waals surface area contributed by atoms with Gasteiger partial charge >= 0.3 is 0 Å². The van der Waals surface area contributed by atoms with Crippen LogP contribution in [0.2, 0.25) is 0 Å². The molecule has 1 aromatic carbocycles. The summed E-state index contributed by atoms with van der Waals surface area (Å²) >= 11 is 3.46. The lowest BCUT2D eigenvalue weighted by Crippen LogP contribution is -2.33. The van der Waals surface area contributed by atoms with E-state index in [0.29, 0.717) is 11.5 Å². The Kier molecular flexibility index (Phi) is 2.67. The van der Waals surface area contributed by atoms with Crippen LogP contribution in [0.3, 0.4) is 0 Å². The average Bonchev–Trinajstić information content (AvgIpc) is 2.99. The molecule has 0 aromatic heterocycles. The molecule has 0 spiro atoms. The van der Waals surface area contributed by atoms with Crippen LogP contribution >= 0.6 is 15.9 Å². The quantitative estimate of drug-likeness (QED) is 0.880. The summed E-state index contributed by atoms with van der Waals surface area (Å²) in [5, 5.41) is 0. The predicted octanol–water partition coefficient (Wildman–Crippen LogP) is 3.22. The van der Waals surface area contributed by atoms with Crippen molar-refractivity contribution in [1.82, 2.24) is 0 Å². The van der Waals surface area contributed by atoms with Crippen LogP contribution in [0.25, 0.3) is 0 Å². The Morgan fingerprint density at radius 1 is 1.36 bits per heavy atom. The molecular formula is C12H16BrN. The van der Waals surface area contributed by atoms with E-state index in [1.165, 1.54) is 18.4 Å². The zero-order valence-corrected chi connectivity index (χ0v) is 10.0. The highest BCUT2D eigenvalue weighted by Gasteiger charge is 2.48. The molecule has 2 rings (SSSR count). The number of rotatable bonds is 3. The van der Waals surface area contributed by atoms with E-state index in [2.05, 4.69) is 47.1 Å². The van der Waals surface area contributed by atoms with Gasteiger partial charge in [-0.1, -0.05) is 35.0 Å².